The molecule has 3 aliphatic rings. The Balaban J connectivity index is 1.26. The molecule has 0 amide bonds. The van der Waals surface area contributed by atoms with Crippen molar-refractivity contribution in [2.75, 3.05) is 10.2 Å². The Hall–Kier alpha value is -5.28. The fourth-order valence-corrected chi connectivity index (χ4v) is 9.06. The minimum absolute atomic E-state index is 0.139. The van der Waals surface area contributed by atoms with Gasteiger partial charge in [0.15, 0.2) is 5.58 Å². The van der Waals surface area contributed by atoms with E-state index >= 15 is 0 Å². The zero-order valence-electron chi connectivity index (χ0n) is 27.3. The van der Waals surface area contributed by atoms with Gasteiger partial charge in [-0.15, -0.1) is 0 Å². The SMILES string of the molecule is CC1C=CC2(C)C3=C1C(C)c1oc4c(Nc5ccc(-c6ccccc6)cc5)cccc4c1C3(C)N(c1ccccc1)c1ccccc12. The van der Waals surface area contributed by atoms with Crippen LogP contribution in [0.3, 0.4) is 0 Å². The van der Waals surface area contributed by atoms with Crippen LogP contribution in [0.5, 0.6) is 0 Å². The Kier molecular flexibility index (Phi) is 6.02. The van der Waals surface area contributed by atoms with E-state index < -0.39 is 5.54 Å². The molecule has 0 radical (unpaired) electrons. The summed E-state index contributed by atoms with van der Waals surface area (Å²) in [6.45, 7) is 9.57. The minimum atomic E-state index is -0.484. The number of furan rings is 1. The summed E-state index contributed by atoms with van der Waals surface area (Å²) in [4.78, 5) is 2.59. The number of allylic oxidation sites excluding steroid dienone is 3. The Labute approximate surface area is 276 Å². The van der Waals surface area contributed by atoms with Crippen molar-refractivity contribution in [1.82, 2.24) is 0 Å². The molecule has 1 aromatic heterocycles. The summed E-state index contributed by atoms with van der Waals surface area (Å²) in [5.74, 6) is 1.51. The van der Waals surface area contributed by atoms with E-state index in [9.17, 15) is 0 Å². The molecule has 0 bridgehead atoms. The van der Waals surface area contributed by atoms with E-state index in [-0.39, 0.29) is 11.3 Å². The lowest BCUT2D eigenvalue weighted by Gasteiger charge is -2.59. The van der Waals surface area contributed by atoms with Crippen molar-refractivity contribution in [3.8, 4) is 11.1 Å². The summed E-state index contributed by atoms with van der Waals surface area (Å²) in [6.07, 6.45) is 4.90. The van der Waals surface area contributed by atoms with E-state index in [0.29, 0.717) is 5.92 Å². The molecule has 4 atom stereocenters. The highest BCUT2D eigenvalue weighted by Crippen LogP contribution is 2.66. The number of hydrogen-bond donors (Lipinski definition) is 1. The van der Waals surface area contributed by atoms with Gasteiger partial charge in [0.25, 0.3) is 0 Å². The van der Waals surface area contributed by atoms with Crippen LogP contribution >= 0.6 is 0 Å². The molecule has 1 N–H and O–H groups in total. The van der Waals surface area contributed by atoms with Gasteiger partial charge in [0.1, 0.15) is 5.76 Å². The number of fused-ring (bicyclic) bond motifs is 6. The van der Waals surface area contributed by atoms with Crippen LogP contribution in [-0.2, 0) is 11.0 Å². The Bertz CT molecular complexity index is 2230. The second kappa shape index (κ2) is 10.1. The number of rotatable bonds is 4. The zero-order valence-corrected chi connectivity index (χ0v) is 27.3. The van der Waals surface area contributed by atoms with Crippen molar-refractivity contribution in [3.05, 3.63) is 168 Å². The Morgan fingerprint density at radius 2 is 1.38 bits per heavy atom. The molecule has 0 saturated carbocycles. The number of benzene rings is 5. The average Bonchev–Trinajstić information content (AvgIpc) is 3.52. The normalized spacial score (nSPS) is 24.1. The standard InChI is InChI=1S/C44H38N2O/c1-28-26-27-43(3)35-19-11-12-21-37(35)46(33-16-9-6-10-17-33)44(4)39-34-18-13-20-36(41(34)47-40(39)29(2)38(28)42(43)44)45-32-24-22-31(23-25-32)30-14-7-5-8-15-30/h5-29,45H,1-4H3. The van der Waals surface area contributed by atoms with Crippen LogP contribution in [0.1, 0.15) is 50.5 Å². The molecule has 2 heterocycles. The number of anilines is 4. The van der Waals surface area contributed by atoms with Gasteiger partial charge in [0, 0.05) is 39.3 Å². The van der Waals surface area contributed by atoms with Crippen molar-refractivity contribution >= 4 is 33.7 Å². The second-order valence-electron chi connectivity index (χ2n) is 13.8. The van der Waals surface area contributed by atoms with Crippen LogP contribution in [0.25, 0.3) is 22.1 Å². The van der Waals surface area contributed by atoms with Crippen molar-refractivity contribution in [3.63, 3.8) is 0 Å². The van der Waals surface area contributed by atoms with Crippen LogP contribution in [0, 0.1) is 5.92 Å². The highest BCUT2D eigenvalue weighted by molar-refractivity contribution is 5.97. The summed E-state index contributed by atoms with van der Waals surface area (Å²) < 4.78 is 7.11. The first-order valence-corrected chi connectivity index (χ1v) is 16.8. The smallest absolute Gasteiger partial charge is 0.158 e. The van der Waals surface area contributed by atoms with E-state index in [1.165, 1.54) is 44.8 Å². The zero-order chi connectivity index (χ0) is 31.9. The molecule has 47 heavy (non-hydrogen) atoms. The molecule has 4 unspecified atom stereocenters. The molecule has 6 aromatic rings. The van der Waals surface area contributed by atoms with E-state index in [0.717, 1.165) is 28.1 Å². The van der Waals surface area contributed by atoms with Gasteiger partial charge in [-0.25, -0.2) is 0 Å². The predicted octanol–water partition coefficient (Wildman–Crippen LogP) is 11.8. The van der Waals surface area contributed by atoms with Gasteiger partial charge in [-0.05, 0) is 78.4 Å². The molecule has 0 fully saturated rings. The lowest BCUT2D eigenvalue weighted by molar-refractivity contribution is 0.387. The molecule has 2 aliphatic carbocycles. The van der Waals surface area contributed by atoms with E-state index in [4.69, 9.17) is 4.42 Å². The van der Waals surface area contributed by atoms with Crippen molar-refractivity contribution in [1.29, 1.82) is 0 Å². The summed E-state index contributed by atoms with van der Waals surface area (Å²) in [6, 6.07) is 45.7. The molecular weight excluding hydrogens is 572 g/mol. The fourth-order valence-electron chi connectivity index (χ4n) is 9.06. The first-order valence-electron chi connectivity index (χ1n) is 16.8. The predicted molar refractivity (Wildman–Crippen MR) is 195 cm³/mol. The van der Waals surface area contributed by atoms with Crippen LogP contribution in [0.2, 0.25) is 0 Å². The number of para-hydroxylation sites is 3. The number of nitrogens with one attached hydrogen (secondary N) is 1. The van der Waals surface area contributed by atoms with Crippen molar-refractivity contribution < 1.29 is 4.42 Å². The van der Waals surface area contributed by atoms with Crippen LogP contribution < -0.4 is 10.2 Å². The summed E-state index contributed by atoms with van der Waals surface area (Å²) >= 11 is 0. The topological polar surface area (TPSA) is 28.4 Å². The van der Waals surface area contributed by atoms with E-state index in [1.54, 1.807) is 0 Å². The highest BCUT2D eigenvalue weighted by atomic mass is 16.3. The molecule has 230 valence electrons. The van der Waals surface area contributed by atoms with Gasteiger partial charge >= 0.3 is 0 Å². The molecule has 3 heteroatoms. The molecule has 5 aromatic carbocycles. The quantitative estimate of drug-likeness (QED) is 0.201. The van der Waals surface area contributed by atoms with Crippen molar-refractivity contribution in [2.45, 2.75) is 44.6 Å². The monoisotopic (exact) mass is 610 g/mol. The first-order chi connectivity index (χ1) is 22.9. The molecule has 1 aliphatic heterocycles. The summed E-state index contributed by atoms with van der Waals surface area (Å²) in [7, 11) is 0. The molecule has 9 rings (SSSR count). The first kappa shape index (κ1) is 28.0. The third-order valence-electron chi connectivity index (χ3n) is 11.0. The maximum absolute atomic E-state index is 7.11. The molecule has 0 spiro atoms. The number of nitrogens with zero attached hydrogens (tertiary/aromatic N) is 1. The molecule has 0 saturated heterocycles. The lowest BCUT2D eigenvalue weighted by atomic mass is 9.53. The van der Waals surface area contributed by atoms with Gasteiger partial charge in [-0.2, -0.15) is 0 Å². The average molecular weight is 611 g/mol. The Morgan fingerprint density at radius 1 is 0.702 bits per heavy atom. The highest BCUT2D eigenvalue weighted by Gasteiger charge is 2.59. The van der Waals surface area contributed by atoms with Crippen molar-refractivity contribution in [2.24, 2.45) is 5.92 Å². The third kappa shape index (κ3) is 3.86. The van der Waals surface area contributed by atoms with Gasteiger partial charge in [-0.1, -0.05) is 123 Å². The number of hydrogen-bond acceptors (Lipinski definition) is 3. The van der Waals surface area contributed by atoms with Gasteiger partial charge < -0.3 is 14.6 Å². The molecule has 3 nitrogen and oxygen atoms in total. The van der Waals surface area contributed by atoms with Gasteiger partial charge in [-0.3, -0.25) is 0 Å². The van der Waals surface area contributed by atoms with Gasteiger partial charge in [0.05, 0.1) is 11.2 Å². The van der Waals surface area contributed by atoms with E-state index in [1.807, 2.05) is 0 Å². The third-order valence-corrected chi connectivity index (χ3v) is 11.0. The summed E-state index contributed by atoms with van der Waals surface area (Å²) in [5.41, 5.74) is 12.6. The summed E-state index contributed by atoms with van der Waals surface area (Å²) in [5, 5.41) is 4.89. The second-order valence-corrected chi connectivity index (χ2v) is 13.8. The largest absolute Gasteiger partial charge is 0.458 e. The van der Waals surface area contributed by atoms with Crippen LogP contribution in [-0.4, -0.2) is 0 Å². The van der Waals surface area contributed by atoms with Crippen LogP contribution in [0.15, 0.2) is 155 Å². The fraction of sp³-hybridized carbons (Fsp3) is 0.182. The Morgan fingerprint density at radius 3 is 2.15 bits per heavy atom. The maximum atomic E-state index is 7.11. The molecular formula is C44H38N2O. The lowest BCUT2D eigenvalue weighted by Crippen LogP contribution is -2.56. The minimum Gasteiger partial charge on any atom is -0.458 e. The van der Waals surface area contributed by atoms with Gasteiger partial charge in [0.2, 0.25) is 0 Å². The van der Waals surface area contributed by atoms with Crippen LogP contribution in [0.4, 0.5) is 22.7 Å². The van der Waals surface area contributed by atoms with E-state index in [2.05, 4.69) is 177 Å². The maximum Gasteiger partial charge on any atom is 0.158 e.